The van der Waals surface area contributed by atoms with Crippen molar-refractivity contribution < 1.29 is 0 Å². The monoisotopic (exact) mass is 710 g/mol. The maximum absolute atomic E-state index is 2.44. The molecule has 0 bridgehead atoms. The molecule has 0 unspecified atom stereocenters. The Morgan fingerprint density at radius 3 is 1.69 bits per heavy atom. The van der Waals surface area contributed by atoms with Crippen LogP contribution in [0.15, 0.2) is 176 Å². The summed E-state index contributed by atoms with van der Waals surface area (Å²) < 4.78 is 5.00. The van der Waals surface area contributed by atoms with Gasteiger partial charge in [0.25, 0.3) is 0 Å². The Bertz CT molecular complexity index is 2930. The van der Waals surface area contributed by atoms with Crippen molar-refractivity contribution in [1.82, 2.24) is 4.57 Å². The smallest absolute Gasteiger partial charge is 0.0541 e. The van der Waals surface area contributed by atoms with Gasteiger partial charge in [0.15, 0.2) is 0 Å². The molecule has 3 heteroatoms. The number of hydrogen-bond donors (Lipinski definition) is 0. The minimum Gasteiger partial charge on any atom is -0.310 e. The van der Waals surface area contributed by atoms with Gasteiger partial charge < -0.3 is 9.47 Å². The minimum absolute atomic E-state index is 1.14. The summed E-state index contributed by atoms with van der Waals surface area (Å²) in [5.74, 6) is 0. The van der Waals surface area contributed by atoms with E-state index in [4.69, 9.17) is 0 Å². The average Bonchev–Trinajstić information content (AvgIpc) is 3.75. The zero-order chi connectivity index (χ0) is 36.3. The Balaban J connectivity index is 1.18. The first-order valence-electron chi connectivity index (χ1n) is 18.6. The number of nitrogens with zero attached hydrogens (tertiary/aromatic N) is 2. The Hall–Kier alpha value is -6.42. The standard InChI is InChI=1S/C51H38N2S/c1-33-21-25-38(26-22-33)52(40-29-34(2)50(35(3)30-40)37-13-5-4-6-14-37)41-31-45(51-46(32-41)44-17-9-12-20-49(44)54-51)36-23-27-39(28-24-36)53-47-18-10-7-15-42(47)43-16-8-11-19-48(43)53/h4-32H,1-3H3. The first kappa shape index (κ1) is 32.2. The normalized spacial score (nSPS) is 11.6. The van der Waals surface area contributed by atoms with Crippen LogP contribution in [0.25, 0.3) is 69.9 Å². The van der Waals surface area contributed by atoms with E-state index >= 15 is 0 Å². The van der Waals surface area contributed by atoms with Gasteiger partial charge in [-0.2, -0.15) is 0 Å². The molecular formula is C51H38N2S. The highest BCUT2D eigenvalue weighted by Gasteiger charge is 2.21. The molecule has 0 aliphatic heterocycles. The number of aromatic nitrogens is 1. The predicted octanol–water partition coefficient (Wildman–Crippen LogP) is 14.9. The summed E-state index contributed by atoms with van der Waals surface area (Å²) in [6, 6.07) is 64.6. The summed E-state index contributed by atoms with van der Waals surface area (Å²) in [7, 11) is 0. The first-order chi connectivity index (χ1) is 26.5. The molecule has 0 spiro atoms. The number of aryl methyl sites for hydroxylation is 3. The molecule has 10 rings (SSSR count). The molecule has 0 saturated heterocycles. The molecule has 10 aromatic rings. The van der Waals surface area contributed by atoms with Crippen molar-refractivity contribution in [3.05, 3.63) is 193 Å². The fraction of sp³-hybridized carbons (Fsp3) is 0.0588. The van der Waals surface area contributed by atoms with Gasteiger partial charge in [-0.1, -0.05) is 115 Å². The van der Waals surface area contributed by atoms with Crippen LogP contribution in [-0.2, 0) is 0 Å². The lowest BCUT2D eigenvalue weighted by atomic mass is 9.94. The predicted molar refractivity (Wildman–Crippen MR) is 233 cm³/mol. The van der Waals surface area contributed by atoms with Crippen LogP contribution in [0.3, 0.4) is 0 Å². The zero-order valence-electron chi connectivity index (χ0n) is 30.5. The molecule has 2 heterocycles. The molecule has 0 amide bonds. The Morgan fingerprint density at radius 1 is 0.444 bits per heavy atom. The average molecular weight is 711 g/mol. The van der Waals surface area contributed by atoms with E-state index in [0.717, 1.165) is 22.7 Å². The van der Waals surface area contributed by atoms with E-state index in [-0.39, 0.29) is 0 Å². The number of anilines is 3. The Kier molecular flexibility index (Phi) is 7.71. The fourth-order valence-electron chi connectivity index (χ4n) is 8.42. The van der Waals surface area contributed by atoms with E-state index in [0.29, 0.717) is 0 Å². The summed E-state index contributed by atoms with van der Waals surface area (Å²) in [5.41, 5.74) is 15.8. The lowest BCUT2D eigenvalue weighted by Crippen LogP contribution is -2.11. The summed E-state index contributed by atoms with van der Waals surface area (Å²) in [6.45, 7) is 6.64. The number of thiophene rings is 1. The third-order valence-corrected chi connectivity index (χ3v) is 12.1. The van der Waals surface area contributed by atoms with Gasteiger partial charge in [0.1, 0.15) is 0 Å². The van der Waals surface area contributed by atoms with Gasteiger partial charge in [-0.3, -0.25) is 0 Å². The van der Waals surface area contributed by atoms with Gasteiger partial charge in [-0.05, 0) is 115 Å². The molecular weight excluding hydrogens is 673 g/mol. The van der Waals surface area contributed by atoms with E-state index < -0.39 is 0 Å². The van der Waals surface area contributed by atoms with E-state index in [1.54, 1.807) is 0 Å². The molecule has 54 heavy (non-hydrogen) atoms. The van der Waals surface area contributed by atoms with Crippen LogP contribution in [0.2, 0.25) is 0 Å². The van der Waals surface area contributed by atoms with Crippen molar-refractivity contribution in [3.63, 3.8) is 0 Å². The highest BCUT2D eigenvalue weighted by molar-refractivity contribution is 7.26. The zero-order valence-corrected chi connectivity index (χ0v) is 31.4. The second-order valence-electron chi connectivity index (χ2n) is 14.4. The second kappa shape index (κ2) is 12.9. The van der Waals surface area contributed by atoms with Crippen molar-refractivity contribution in [3.8, 4) is 27.9 Å². The summed E-state index contributed by atoms with van der Waals surface area (Å²) >= 11 is 1.88. The van der Waals surface area contributed by atoms with Crippen LogP contribution in [0.1, 0.15) is 16.7 Å². The largest absolute Gasteiger partial charge is 0.310 e. The Labute approximate surface area is 319 Å². The lowest BCUT2D eigenvalue weighted by molar-refractivity contribution is 1.18. The molecule has 0 N–H and O–H groups in total. The van der Waals surface area contributed by atoms with Crippen molar-refractivity contribution in [2.75, 3.05) is 4.90 Å². The first-order valence-corrected chi connectivity index (χ1v) is 19.4. The van der Waals surface area contributed by atoms with Crippen molar-refractivity contribution in [2.24, 2.45) is 0 Å². The molecule has 258 valence electrons. The van der Waals surface area contributed by atoms with Crippen LogP contribution < -0.4 is 4.90 Å². The van der Waals surface area contributed by atoms with Crippen LogP contribution in [0, 0.1) is 20.8 Å². The van der Waals surface area contributed by atoms with Crippen LogP contribution in [0.4, 0.5) is 17.1 Å². The molecule has 0 fully saturated rings. The van der Waals surface area contributed by atoms with Crippen LogP contribution in [0.5, 0.6) is 0 Å². The molecule has 0 radical (unpaired) electrons. The molecule has 0 atom stereocenters. The molecule has 0 aliphatic rings. The summed E-state index contributed by atoms with van der Waals surface area (Å²) in [5, 5.41) is 5.12. The van der Waals surface area contributed by atoms with E-state index in [1.807, 2.05) is 11.3 Å². The SMILES string of the molecule is Cc1ccc(N(c2cc(C)c(-c3ccccc3)c(C)c2)c2cc(-c3ccc(-n4c5ccccc5c5ccccc54)cc3)c3sc4ccccc4c3c2)cc1. The van der Waals surface area contributed by atoms with Gasteiger partial charge >= 0.3 is 0 Å². The number of hydrogen-bond acceptors (Lipinski definition) is 2. The number of benzene rings is 8. The molecule has 8 aromatic carbocycles. The minimum atomic E-state index is 1.14. The number of para-hydroxylation sites is 2. The van der Waals surface area contributed by atoms with Crippen molar-refractivity contribution in [1.29, 1.82) is 0 Å². The lowest BCUT2D eigenvalue weighted by Gasteiger charge is -2.28. The topological polar surface area (TPSA) is 8.17 Å². The summed E-state index contributed by atoms with van der Waals surface area (Å²) in [4.78, 5) is 2.44. The summed E-state index contributed by atoms with van der Waals surface area (Å²) in [6.07, 6.45) is 0. The van der Waals surface area contributed by atoms with Gasteiger partial charge in [0.2, 0.25) is 0 Å². The van der Waals surface area contributed by atoms with E-state index in [9.17, 15) is 0 Å². The van der Waals surface area contributed by atoms with Gasteiger partial charge in [-0.15, -0.1) is 11.3 Å². The number of rotatable bonds is 6. The quantitative estimate of drug-likeness (QED) is 0.167. The Morgan fingerprint density at radius 2 is 1.02 bits per heavy atom. The third-order valence-electron chi connectivity index (χ3n) is 10.9. The second-order valence-corrected chi connectivity index (χ2v) is 15.4. The van der Waals surface area contributed by atoms with Gasteiger partial charge in [0.05, 0.1) is 11.0 Å². The van der Waals surface area contributed by atoms with Crippen molar-refractivity contribution in [2.45, 2.75) is 20.8 Å². The molecule has 0 saturated carbocycles. The number of fused-ring (bicyclic) bond motifs is 6. The maximum Gasteiger partial charge on any atom is 0.0541 e. The van der Waals surface area contributed by atoms with Gasteiger partial charge in [-0.25, -0.2) is 0 Å². The van der Waals surface area contributed by atoms with Crippen molar-refractivity contribution >= 4 is 70.4 Å². The molecule has 2 nitrogen and oxygen atoms in total. The third kappa shape index (κ3) is 5.31. The van der Waals surface area contributed by atoms with Gasteiger partial charge in [0, 0.05) is 59.3 Å². The molecule has 2 aromatic heterocycles. The highest BCUT2D eigenvalue weighted by atomic mass is 32.1. The van der Waals surface area contributed by atoms with Crippen LogP contribution in [-0.4, -0.2) is 4.57 Å². The maximum atomic E-state index is 2.44. The molecule has 0 aliphatic carbocycles. The highest BCUT2D eigenvalue weighted by Crippen LogP contribution is 2.46. The van der Waals surface area contributed by atoms with Crippen LogP contribution >= 0.6 is 11.3 Å². The van der Waals surface area contributed by atoms with E-state index in [1.165, 1.54) is 80.9 Å². The van der Waals surface area contributed by atoms with E-state index in [2.05, 4.69) is 206 Å². The fourth-order valence-corrected chi connectivity index (χ4v) is 9.64.